The lowest BCUT2D eigenvalue weighted by Gasteiger charge is -2.33. The van der Waals surface area contributed by atoms with Crippen LogP contribution in [0.25, 0.3) is 22.3 Å². The van der Waals surface area contributed by atoms with Gasteiger partial charge in [-0.15, -0.1) is 0 Å². The number of benzene rings is 4. The summed E-state index contributed by atoms with van der Waals surface area (Å²) in [5.74, 6) is 1.78. The molecule has 0 radical (unpaired) electrons. The largest absolute Gasteiger partial charge is 0.435 e. The van der Waals surface area contributed by atoms with Crippen molar-refractivity contribution in [3.05, 3.63) is 101 Å². The zero-order valence-electron chi connectivity index (χ0n) is 28.3. The van der Waals surface area contributed by atoms with Gasteiger partial charge in [-0.1, -0.05) is 144 Å². The van der Waals surface area contributed by atoms with Gasteiger partial charge in [0.2, 0.25) is 0 Å². The molecule has 1 aliphatic rings. The molecular formula is C40H49O2P. The van der Waals surface area contributed by atoms with Crippen molar-refractivity contribution in [3.8, 4) is 33.8 Å². The third-order valence-electron chi connectivity index (χ3n) is 8.40. The third-order valence-corrected chi connectivity index (χ3v) is 9.89. The van der Waals surface area contributed by atoms with E-state index in [2.05, 4.69) is 162 Å². The topological polar surface area (TPSA) is 18.5 Å². The lowest BCUT2D eigenvalue weighted by Crippen LogP contribution is -2.22. The Balaban J connectivity index is 1.67. The molecule has 0 aliphatic heterocycles. The summed E-state index contributed by atoms with van der Waals surface area (Å²) in [6, 6.07) is 28.6. The summed E-state index contributed by atoms with van der Waals surface area (Å²) < 4.78 is 14.2. The van der Waals surface area contributed by atoms with Crippen molar-refractivity contribution in [2.75, 3.05) is 0 Å². The SMILES string of the molecule is CC(C)(C)c1ccc(OP(Oc2ccc(C(C)(C)C)cc2C(C)(C)C)c2cccc3c2-c2ccccc2-3)c(C(C)(C)C)c1. The highest BCUT2D eigenvalue weighted by Gasteiger charge is 2.34. The third kappa shape index (κ3) is 6.28. The van der Waals surface area contributed by atoms with E-state index in [1.165, 1.54) is 44.5 Å². The maximum atomic E-state index is 7.12. The van der Waals surface area contributed by atoms with Crippen LogP contribution in [0.4, 0.5) is 0 Å². The van der Waals surface area contributed by atoms with Crippen LogP contribution in [0.3, 0.4) is 0 Å². The van der Waals surface area contributed by atoms with Crippen LogP contribution in [0, 0.1) is 0 Å². The average molecular weight is 593 g/mol. The molecule has 0 bridgehead atoms. The molecule has 43 heavy (non-hydrogen) atoms. The van der Waals surface area contributed by atoms with Crippen LogP contribution in [-0.2, 0) is 21.7 Å². The summed E-state index contributed by atoms with van der Waals surface area (Å²) in [5.41, 5.74) is 9.98. The highest BCUT2D eigenvalue weighted by atomic mass is 31.2. The van der Waals surface area contributed by atoms with E-state index in [4.69, 9.17) is 9.05 Å². The molecule has 0 fully saturated rings. The fraction of sp³-hybridized carbons (Fsp3) is 0.400. The van der Waals surface area contributed by atoms with Crippen LogP contribution >= 0.6 is 8.38 Å². The Morgan fingerprint density at radius 3 is 1.33 bits per heavy atom. The van der Waals surface area contributed by atoms with Gasteiger partial charge in [0.1, 0.15) is 11.5 Å². The molecule has 4 aromatic carbocycles. The Hall–Kier alpha value is -3.09. The predicted molar refractivity (Wildman–Crippen MR) is 186 cm³/mol. The van der Waals surface area contributed by atoms with Gasteiger partial charge in [-0.3, -0.25) is 0 Å². The van der Waals surface area contributed by atoms with E-state index in [0.29, 0.717) is 0 Å². The minimum Gasteiger partial charge on any atom is -0.435 e. The average Bonchev–Trinajstić information content (AvgIpc) is 2.89. The van der Waals surface area contributed by atoms with Gasteiger partial charge in [-0.25, -0.2) is 0 Å². The second-order valence-corrected chi connectivity index (χ2v) is 17.5. The maximum absolute atomic E-state index is 7.12. The molecule has 0 spiro atoms. The van der Waals surface area contributed by atoms with Crippen molar-refractivity contribution in [2.24, 2.45) is 0 Å². The van der Waals surface area contributed by atoms with Crippen LogP contribution in [0.15, 0.2) is 78.9 Å². The molecule has 5 rings (SSSR count). The van der Waals surface area contributed by atoms with Gasteiger partial charge in [0, 0.05) is 16.7 Å². The van der Waals surface area contributed by atoms with Crippen LogP contribution < -0.4 is 14.4 Å². The van der Waals surface area contributed by atoms with E-state index < -0.39 is 8.38 Å². The van der Waals surface area contributed by atoms with E-state index in [1.54, 1.807) is 0 Å². The molecule has 0 N–H and O–H groups in total. The standard InChI is InChI=1S/C40H49O2P/c1-37(2,3)26-20-22-33(31(24-26)39(7,8)9)41-43(35-19-15-18-30-28-16-13-14-17-29(28)36(30)35)42-34-23-21-27(38(4,5)6)25-32(34)40(10,11)12/h13-25H,1-12H3. The molecular weight excluding hydrogens is 543 g/mol. The normalized spacial score (nSPS) is 13.3. The number of hydrogen-bond acceptors (Lipinski definition) is 2. The van der Waals surface area contributed by atoms with Crippen LogP contribution in [0.1, 0.15) is 105 Å². The highest BCUT2D eigenvalue weighted by Crippen LogP contribution is 2.53. The maximum Gasteiger partial charge on any atom is 0.326 e. The molecule has 226 valence electrons. The van der Waals surface area contributed by atoms with Gasteiger partial charge in [0.05, 0.1) is 5.30 Å². The zero-order chi connectivity index (χ0) is 31.5. The summed E-state index contributed by atoms with van der Waals surface area (Å²) in [5, 5.41) is 1.12. The van der Waals surface area contributed by atoms with Crippen molar-refractivity contribution in [3.63, 3.8) is 0 Å². The first-order valence-corrected chi connectivity index (χ1v) is 16.7. The van der Waals surface area contributed by atoms with Crippen LogP contribution in [0.5, 0.6) is 11.5 Å². The fourth-order valence-corrected chi connectivity index (χ4v) is 7.23. The first kappa shape index (κ1) is 31.3. The van der Waals surface area contributed by atoms with E-state index in [-0.39, 0.29) is 21.7 Å². The van der Waals surface area contributed by atoms with Crippen LogP contribution in [-0.4, -0.2) is 0 Å². The number of rotatable bonds is 5. The Bertz CT molecular complexity index is 1570. The first-order valence-electron chi connectivity index (χ1n) is 15.5. The Labute approximate surface area is 261 Å². The Morgan fingerprint density at radius 2 is 0.884 bits per heavy atom. The van der Waals surface area contributed by atoms with E-state index in [0.717, 1.165) is 16.8 Å². The summed E-state index contributed by atoms with van der Waals surface area (Å²) in [4.78, 5) is 0. The molecule has 0 unspecified atom stereocenters. The highest BCUT2D eigenvalue weighted by molar-refractivity contribution is 7.57. The van der Waals surface area contributed by atoms with Crippen molar-refractivity contribution in [1.29, 1.82) is 0 Å². The fourth-order valence-electron chi connectivity index (χ4n) is 5.69. The van der Waals surface area contributed by atoms with Gasteiger partial charge >= 0.3 is 8.38 Å². The summed E-state index contributed by atoms with van der Waals surface area (Å²) in [7, 11) is -1.52. The molecule has 0 saturated carbocycles. The molecule has 2 nitrogen and oxygen atoms in total. The number of hydrogen-bond donors (Lipinski definition) is 0. The number of fused-ring (bicyclic) bond motifs is 4. The molecule has 1 aliphatic carbocycles. The Morgan fingerprint density at radius 1 is 0.442 bits per heavy atom. The van der Waals surface area contributed by atoms with Gasteiger partial charge in [0.15, 0.2) is 0 Å². The monoisotopic (exact) mass is 592 g/mol. The minimum atomic E-state index is -1.52. The molecule has 0 heterocycles. The molecule has 0 atom stereocenters. The molecule has 0 saturated heterocycles. The molecule has 0 amide bonds. The molecule has 0 aromatic heterocycles. The van der Waals surface area contributed by atoms with Gasteiger partial charge in [-0.05, 0) is 67.7 Å². The summed E-state index contributed by atoms with van der Waals surface area (Å²) in [6.45, 7) is 27.2. The predicted octanol–water partition coefficient (Wildman–Crippen LogP) is 11.6. The smallest absolute Gasteiger partial charge is 0.326 e. The van der Waals surface area contributed by atoms with Crippen molar-refractivity contribution in [1.82, 2.24) is 0 Å². The quantitative estimate of drug-likeness (QED) is 0.189. The summed E-state index contributed by atoms with van der Waals surface area (Å²) >= 11 is 0. The van der Waals surface area contributed by atoms with E-state index in [1.807, 2.05) is 0 Å². The lowest BCUT2D eigenvalue weighted by molar-refractivity contribution is 0.466. The van der Waals surface area contributed by atoms with Crippen molar-refractivity contribution in [2.45, 2.75) is 105 Å². The first-order chi connectivity index (χ1) is 19.9. The summed E-state index contributed by atoms with van der Waals surface area (Å²) in [6.07, 6.45) is 0. The van der Waals surface area contributed by atoms with E-state index in [9.17, 15) is 0 Å². The Kier molecular flexibility index (Phi) is 7.88. The van der Waals surface area contributed by atoms with Gasteiger partial charge in [-0.2, -0.15) is 0 Å². The minimum absolute atomic E-state index is 0.0439. The van der Waals surface area contributed by atoms with Crippen LogP contribution in [0.2, 0.25) is 0 Å². The van der Waals surface area contributed by atoms with Crippen molar-refractivity contribution < 1.29 is 9.05 Å². The second kappa shape index (κ2) is 10.8. The molecule has 3 heteroatoms. The second-order valence-electron chi connectivity index (χ2n) is 16.1. The van der Waals surface area contributed by atoms with E-state index >= 15 is 0 Å². The van der Waals surface area contributed by atoms with Gasteiger partial charge < -0.3 is 9.05 Å². The van der Waals surface area contributed by atoms with Crippen molar-refractivity contribution >= 4 is 13.7 Å². The molecule has 4 aromatic rings. The zero-order valence-corrected chi connectivity index (χ0v) is 29.2. The van der Waals surface area contributed by atoms with Gasteiger partial charge in [0.25, 0.3) is 0 Å². The lowest BCUT2D eigenvalue weighted by atomic mass is 9.80.